The first-order valence-electron chi connectivity index (χ1n) is 8.93. The van der Waals surface area contributed by atoms with Gasteiger partial charge in [-0.3, -0.25) is 9.46 Å². The Hall–Kier alpha value is -1.11. The van der Waals surface area contributed by atoms with Crippen LogP contribution in [-0.2, 0) is 18.8 Å². The van der Waals surface area contributed by atoms with Crippen LogP contribution in [0.2, 0.25) is 0 Å². The number of hydrogen-bond acceptors (Lipinski definition) is 5. The summed E-state index contributed by atoms with van der Waals surface area (Å²) in [5.74, 6) is -0.771. The maximum atomic E-state index is 12.5. The van der Waals surface area contributed by atoms with Gasteiger partial charge in [0.05, 0.1) is 12.3 Å². The average Bonchev–Trinajstić information content (AvgIpc) is 2.93. The summed E-state index contributed by atoms with van der Waals surface area (Å²) in [6.45, 7) is 8.91. The van der Waals surface area contributed by atoms with Crippen molar-refractivity contribution < 1.29 is 33.4 Å². The third-order valence-electron chi connectivity index (χ3n) is 5.09. The first kappa shape index (κ1) is 22.9. The van der Waals surface area contributed by atoms with E-state index in [1.165, 1.54) is 12.0 Å². The minimum atomic E-state index is -4.34. The van der Waals surface area contributed by atoms with Crippen LogP contribution in [0, 0.1) is 5.92 Å². The lowest BCUT2D eigenvalue weighted by Crippen LogP contribution is -2.43. The molecule has 0 aliphatic carbocycles. The second-order valence-electron chi connectivity index (χ2n) is 7.95. The minimum absolute atomic E-state index is 0.205. The predicted octanol–water partition coefficient (Wildman–Crippen LogP) is 2.91. The molecule has 8 nitrogen and oxygen atoms in total. The Labute approximate surface area is 155 Å². The van der Waals surface area contributed by atoms with E-state index in [0.29, 0.717) is 19.3 Å². The summed E-state index contributed by atoms with van der Waals surface area (Å²) in [5, 5.41) is -1.15. The highest BCUT2D eigenvalue weighted by Crippen LogP contribution is 2.58. The van der Waals surface area contributed by atoms with Crippen molar-refractivity contribution in [2.45, 2.75) is 77.1 Å². The van der Waals surface area contributed by atoms with Crippen LogP contribution in [-0.4, -0.2) is 57.2 Å². The Balaban J connectivity index is 3.05. The van der Waals surface area contributed by atoms with Gasteiger partial charge in [0, 0.05) is 6.54 Å². The predicted molar refractivity (Wildman–Crippen MR) is 96.8 cm³/mol. The van der Waals surface area contributed by atoms with Crippen molar-refractivity contribution in [2.75, 3.05) is 13.7 Å². The number of carbonyl (C=O) groups is 2. The van der Waals surface area contributed by atoms with Crippen molar-refractivity contribution >= 4 is 19.7 Å². The molecule has 2 N–H and O–H groups in total. The Morgan fingerprint density at radius 1 is 1.19 bits per heavy atom. The van der Waals surface area contributed by atoms with Crippen LogP contribution >= 0.6 is 7.60 Å². The first-order valence-corrected chi connectivity index (χ1v) is 10.5. The van der Waals surface area contributed by atoms with Gasteiger partial charge in [-0.25, -0.2) is 9.59 Å². The molecule has 2 unspecified atom stereocenters. The molecule has 1 rings (SSSR count). The van der Waals surface area contributed by atoms with Gasteiger partial charge in [-0.2, -0.15) is 0 Å². The van der Waals surface area contributed by atoms with Crippen molar-refractivity contribution in [3.05, 3.63) is 0 Å². The number of carbonyl (C=O) groups excluding carboxylic acids is 2. The number of methoxy groups -OCH3 is 1. The maximum Gasteiger partial charge on any atom is 0.411 e. The van der Waals surface area contributed by atoms with Crippen LogP contribution in [0.3, 0.4) is 0 Å². The SMILES string of the molecule is CCC(CC)(CC1CC(C(=O)OC)N(C(=O)OC(C)(C)C)C1)P(=O)(O)O. The molecule has 26 heavy (non-hydrogen) atoms. The standard InChI is InChI=1S/C17H32NO7P/c1-7-17(8-2,26(21,22)23)10-12-9-13(14(19)24-6)18(11-12)15(20)25-16(3,4)5/h12-13H,7-11H2,1-6H3,(H2,21,22,23). The van der Waals surface area contributed by atoms with Crippen LogP contribution in [0.5, 0.6) is 0 Å². The van der Waals surface area contributed by atoms with E-state index in [1.807, 2.05) is 0 Å². The highest BCUT2D eigenvalue weighted by Gasteiger charge is 2.49. The molecular weight excluding hydrogens is 361 g/mol. The van der Waals surface area contributed by atoms with Crippen LogP contribution in [0.25, 0.3) is 0 Å². The van der Waals surface area contributed by atoms with Crippen molar-refractivity contribution in [3.63, 3.8) is 0 Å². The molecular formula is C17H32NO7P. The molecule has 0 aromatic rings. The fourth-order valence-electron chi connectivity index (χ4n) is 3.56. The Morgan fingerprint density at radius 2 is 1.73 bits per heavy atom. The van der Waals surface area contributed by atoms with Crippen LogP contribution in [0.15, 0.2) is 0 Å². The number of esters is 1. The summed E-state index contributed by atoms with van der Waals surface area (Å²) in [7, 11) is -3.09. The second-order valence-corrected chi connectivity index (χ2v) is 9.99. The lowest BCUT2D eigenvalue weighted by atomic mass is 9.88. The van der Waals surface area contributed by atoms with E-state index in [9.17, 15) is 23.9 Å². The Morgan fingerprint density at radius 3 is 2.12 bits per heavy atom. The molecule has 0 bridgehead atoms. The summed E-state index contributed by atoms with van der Waals surface area (Å²) in [4.78, 5) is 45.6. The third-order valence-corrected chi connectivity index (χ3v) is 7.14. The monoisotopic (exact) mass is 393 g/mol. The summed E-state index contributed by atoms with van der Waals surface area (Å²) in [6, 6.07) is -0.803. The zero-order valence-electron chi connectivity index (χ0n) is 16.5. The molecule has 9 heteroatoms. The number of hydrogen-bond donors (Lipinski definition) is 2. The molecule has 1 amide bonds. The minimum Gasteiger partial charge on any atom is -0.467 e. The topological polar surface area (TPSA) is 113 Å². The van der Waals surface area contributed by atoms with Crippen LogP contribution < -0.4 is 0 Å². The van der Waals surface area contributed by atoms with Crippen molar-refractivity contribution in [1.29, 1.82) is 0 Å². The number of nitrogens with zero attached hydrogens (tertiary/aromatic N) is 1. The van der Waals surface area contributed by atoms with E-state index < -0.39 is 36.5 Å². The number of rotatable bonds is 6. The van der Waals surface area contributed by atoms with Gasteiger partial charge in [-0.15, -0.1) is 0 Å². The summed E-state index contributed by atoms with van der Waals surface area (Å²) < 4.78 is 22.2. The molecule has 1 aliphatic heterocycles. The molecule has 1 saturated heterocycles. The van der Waals surface area contributed by atoms with E-state index in [-0.39, 0.29) is 18.9 Å². The molecule has 1 heterocycles. The molecule has 0 aromatic heterocycles. The highest BCUT2D eigenvalue weighted by molar-refractivity contribution is 7.53. The van der Waals surface area contributed by atoms with E-state index >= 15 is 0 Å². The maximum absolute atomic E-state index is 12.5. The molecule has 0 aromatic carbocycles. The fourth-order valence-corrected chi connectivity index (χ4v) is 4.88. The summed E-state index contributed by atoms with van der Waals surface area (Å²) >= 11 is 0. The molecule has 0 saturated carbocycles. The number of likely N-dealkylation sites (tertiary alicyclic amines) is 1. The first-order chi connectivity index (χ1) is 11.8. The van der Waals surface area contributed by atoms with Gasteiger partial charge in [0.25, 0.3) is 0 Å². The van der Waals surface area contributed by atoms with Gasteiger partial charge in [0.1, 0.15) is 11.6 Å². The van der Waals surface area contributed by atoms with Crippen LogP contribution in [0.1, 0.15) is 60.3 Å². The molecule has 0 radical (unpaired) electrons. The smallest absolute Gasteiger partial charge is 0.411 e. The quantitative estimate of drug-likeness (QED) is 0.527. The van der Waals surface area contributed by atoms with Gasteiger partial charge in [0.15, 0.2) is 0 Å². The summed E-state index contributed by atoms with van der Waals surface area (Å²) in [5.41, 5.74) is -0.710. The molecule has 152 valence electrons. The number of ether oxygens (including phenoxy) is 2. The zero-order chi connectivity index (χ0) is 20.3. The van der Waals surface area contributed by atoms with Gasteiger partial charge >= 0.3 is 19.7 Å². The zero-order valence-corrected chi connectivity index (χ0v) is 17.4. The van der Waals surface area contributed by atoms with Crippen molar-refractivity contribution in [3.8, 4) is 0 Å². The Kier molecular flexibility index (Phi) is 7.30. The third kappa shape index (κ3) is 5.21. The highest BCUT2D eigenvalue weighted by atomic mass is 31.2. The molecule has 1 aliphatic rings. The van der Waals surface area contributed by atoms with E-state index in [0.717, 1.165) is 0 Å². The van der Waals surface area contributed by atoms with Gasteiger partial charge in [-0.1, -0.05) is 13.8 Å². The number of amides is 1. The normalized spacial score (nSPS) is 21.6. The van der Waals surface area contributed by atoms with Crippen molar-refractivity contribution in [2.24, 2.45) is 5.92 Å². The summed E-state index contributed by atoms with van der Waals surface area (Å²) in [6.07, 6.45) is 0.550. The fraction of sp³-hybridized carbons (Fsp3) is 0.882. The van der Waals surface area contributed by atoms with E-state index in [4.69, 9.17) is 9.47 Å². The average molecular weight is 393 g/mol. The second kappa shape index (κ2) is 8.28. The molecule has 2 atom stereocenters. The molecule has 1 fully saturated rings. The lowest BCUT2D eigenvalue weighted by molar-refractivity contribution is -0.145. The van der Waals surface area contributed by atoms with Gasteiger partial charge in [0.2, 0.25) is 0 Å². The molecule has 0 spiro atoms. The Bertz CT molecular complexity index is 562. The van der Waals surface area contributed by atoms with E-state index in [2.05, 4.69) is 0 Å². The van der Waals surface area contributed by atoms with Gasteiger partial charge in [-0.05, 0) is 52.4 Å². The van der Waals surface area contributed by atoms with Gasteiger partial charge < -0.3 is 19.3 Å². The lowest BCUT2D eigenvalue weighted by Gasteiger charge is -2.34. The van der Waals surface area contributed by atoms with Crippen molar-refractivity contribution in [1.82, 2.24) is 4.90 Å². The van der Waals surface area contributed by atoms with E-state index in [1.54, 1.807) is 34.6 Å². The van der Waals surface area contributed by atoms with Crippen LogP contribution in [0.4, 0.5) is 4.79 Å². The largest absolute Gasteiger partial charge is 0.467 e.